The van der Waals surface area contributed by atoms with Crippen molar-refractivity contribution in [2.45, 2.75) is 26.1 Å². The number of carbonyl (C=O) groups is 1. The van der Waals surface area contributed by atoms with Crippen LogP contribution in [0, 0.1) is 3.57 Å². The molecule has 1 aromatic carbocycles. The second kappa shape index (κ2) is 6.90. The zero-order valence-electron chi connectivity index (χ0n) is 14.6. The zero-order chi connectivity index (χ0) is 18.4. The van der Waals surface area contributed by atoms with Gasteiger partial charge in [0.25, 0.3) is 5.91 Å². The summed E-state index contributed by atoms with van der Waals surface area (Å²) in [6.07, 6.45) is 0.567. The minimum Gasteiger partial charge on any atom is -0.869 e. The van der Waals surface area contributed by atoms with Crippen molar-refractivity contribution in [1.82, 2.24) is 5.32 Å². The Hall–Kier alpha value is -1.52. The fraction of sp³-hybridized carbons (Fsp3) is 0.389. The lowest BCUT2D eigenvalue weighted by Crippen LogP contribution is -3.08. The van der Waals surface area contributed by atoms with Crippen molar-refractivity contribution < 1.29 is 19.5 Å². The van der Waals surface area contributed by atoms with Crippen LogP contribution in [0.5, 0.6) is 11.5 Å². The molecule has 3 heterocycles. The van der Waals surface area contributed by atoms with E-state index in [1.54, 1.807) is 23.5 Å². The maximum absolute atomic E-state index is 12.8. The van der Waals surface area contributed by atoms with Gasteiger partial charge in [-0.25, -0.2) is 0 Å². The number of carbonyl (C=O) groups excluding carboxylic acids is 1. The summed E-state index contributed by atoms with van der Waals surface area (Å²) in [6.45, 7) is 4.29. The molecule has 1 aromatic heterocycles. The summed E-state index contributed by atoms with van der Waals surface area (Å²) in [6, 6.07) is 3.53. The van der Waals surface area contributed by atoms with Crippen LogP contribution in [0.15, 0.2) is 12.1 Å². The SMILES string of the molecule is CCOc1cc(C2NC(=O)c3c(sc4c3CC[NH+](C)C4)N2)cc(I)c1[O-]. The molecule has 2 unspecified atom stereocenters. The Kier molecular flexibility index (Phi) is 4.74. The monoisotopic (exact) mass is 485 g/mol. The van der Waals surface area contributed by atoms with E-state index in [9.17, 15) is 9.90 Å². The summed E-state index contributed by atoms with van der Waals surface area (Å²) < 4.78 is 6.05. The van der Waals surface area contributed by atoms with E-state index in [0.29, 0.717) is 15.9 Å². The lowest BCUT2D eigenvalue weighted by molar-refractivity contribution is -0.895. The number of fused-ring (bicyclic) bond motifs is 3. The van der Waals surface area contributed by atoms with E-state index in [1.807, 2.05) is 29.5 Å². The van der Waals surface area contributed by atoms with Crippen LogP contribution in [0.3, 0.4) is 0 Å². The van der Waals surface area contributed by atoms with E-state index in [1.165, 1.54) is 15.3 Å². The minimum absolute atomic E-state index is 0.0417. The number of nitrogens with one attached hydrogen (secondary N) is 3. The van der Waals surface area contributed by atoms with Crippen LogP contribution in [0.1, 0.15) is 39.5 Å². The Morgan fingerprint density at radius 1 is 1.42 bits per heavy atom. The number of hydrogen-bond acceptors (Lipinski definition) is 5. The number of likely N-dealkylation sites (N-methyl/N-ethyl adjacent to an activating group) is 1. The number of benzene rings is 1. The predicted octanol–water partition coefficient (Wildman–Crippen LogP) is 1.25. The number of rotatable bonds is 3. The first-order chi connectivity index (χ1) is 12.5. The fourth-order valence-corrected chi connectivity index (χ4v) is 5.53. The van der Waals surface area contributed by atoms with Gasteiger partial charge in [-0.15, -0.1) is 11.3 Å². The number of amides is 1. The molecule has 6 nitrogen and oxygen atoms in total. The quantitative estimate of drug-likeness (QED) is 0.573. The van der Waals surface area contributed by atoms with E-state index >= 15 is 0 Å². The van der Waals surface area contributed by atoms with E-state index in [0.717, 1.165) is 35.6 Å². The Balaban J connectivity index is 1.69. The Bertz CT molecular complexity index is 883. The number of hydrogen-bond donors (Lipinski definition) is 3. The van der Waals surface area contributed by atoms with Crippen molar-refractivity contribution in [3.8, 4) is 11.5 Å². The fourth-order valence-electron chi connectivity index (χ4n) is 3.52. The molecule has 138 valence electrons. The maximum Gasteiger partial charge on any atom is 0.256 e. The van der Waals surface area contributed by atoms with E-state index in [2.05, 4.69) is 17.7 Å². The van der Waals surface area contributed by atoms with Gasteiger partial charge in [0.05, 0.1) is 30.6 Å². The van der Waals surface area contributed by atoms with Gasteiger partial charge in [0.1, 0.15) is 23.5 Å². The van der Waals surface area contributed by atoms with Crippen molar-refractivity contribution in [1.29, 1.82) is 0 Å². The number of halogens is 1. The first-order valence-corrected chi connectivity index (χ1v) is 10.5. The van der Waals surface area contributed by atoms with Gasteiger partial charge in [-0.05, 0) is 52.8 Å². The van der Waals surface area contributed by atoms with Crippen molar-refractivity contribution in [2.75, 3.05) is 25.5 Å². The van der Waals surface area contributed by atoms with Crippen LogP contribution in [0.2, 0.25) is 0 Å². The van der Waals surface area contributed by atoms with Crippen LogP contribution >= 0.6 is 33.9 Å². The van der Waals surface area contributed by atoms with Crippen molar-refractivity contribution in [3.63, 3.8) is 0 Å². The second-order valence-corrected chi connectivity index (χ2v) is 8.92. The molecule has 2 atom stereocenters. The van der Waals surface area contributed by atoms with Gasteiger partial charge in [-0.3, -0.25) is 4.79 Å². The first-order valence-electron chi connectivity index (χ1n) is 8.64. The molecule has 0 radical (unpaired) electrons. The normalized spacial score (nSPS) is 21.4. The third-order valence-electron chi connectivity index (χ3n) is 4.80. The van der Waals surface area contributed by atoms with Crippen LogP contribution < -0.4 is 25.4 Å². The molecule has 0 saturated heterocycles. The average Bonchev–Trinajstić information content (AvgIpc) is 2.96. The zero-order valence-corrected chi connectivity index (χ0v) is 17.5. The van der Waals surface area contributed by atoms with Gasteiger partial charge < -0.3 is 25.4 Å². The van der Waals surface area contributed by atoms with Gasteiger partial charge in [0.2, 0.25) is 0 Å². The molecule has 0 aliphatic carbocycles. The highest BCUT2D eigenvalue weighted by Crippen LogP contribution is 2.40. The van der Waals surface area contributed by atoms with Crippen LogP contribution in [0.4, 0.5) is 5.00 Å². The molecular weight excluding hydrogens is 465 g/mol. The van der Waals surface area contributed by atoms with Crippen LogP contribution in [0.25, 0.3) is 0 Å². The molecular formula is C18H20IN3O3S. The largest absolute Gasteiger partial charge is 0.869 e. The third kappa shape index (κ3) is 3.03. The highest BCUT2D eigenvalue weighted by atomic mass is 127. The van der Waals surface area contributed by atoms with Crippen molar-refractivity contribution >= 4 is 44.8 Å². The van der Waals surface area contributed by atoms with Gasteiger partial charge >= 0.3 is 0 Å². The summed E-state index contributed by atoms with van der Waals surface area (Å²) in [5.41, 5.74) is 2.82. The first kappa shape index (κ1) is 17.9. The van der Waals surface area contributed by atoms with Crippen LogP contribution in [-0.4, -0.2) is 26.1 Å². The summed E-state index contributed by atoms with van der Waals surface area (Å²) >= 11 is 3.69. The molecule has 2 aromatic rings. The second-order valence-electron chi connectivity index (χ2n) is 6.66. The highest BCUT2D eigenvalue weighted by molar-refractivity contribution is 14.1. The Morgan fingerprint density at radius 3 is 3.00 bits per heavy atom. The molecule has 0 bridgehead atoms. The number of anilines is 1. The standard InChI is InChI=1S/C18H20IN3O3S/c1-3-25-12-7-9(6-11(19)15(12)23)16-20-17(24)14-10-4-5-22(2)8-13(10)26-18(14)21-16/h6-7,16,21,23H,3-5,8H2,1-2H3,(H,20,24). The Labute approximate surface area is 169 Å². The molecule has 0 fully saturated rings. The van der Waals surface area contributed by atoms with E-state index in [-0.39, 0.29) is 17.8 Å². The highest BCUT2D eigenvalue weighted by Gasteiger charge is 2.34. The molecule has 1 amide bonds. The lowest BCUT2D eigenvalue weighted by atomic mass is 10.0. The molecule has 0 saturated carbocycles. The minimum atomic E-state index is -0.367. The summed E-state index contributed by atoms with van der Waals surface area (Å²) in [7, 11) is 2.18. The molecule has 8 heteroatoms. The molecule has 4 rings (SSSR count). The van der Waals surface area contributed by atoms with Gasteiger partial charge in [0, 0.05) is 9.99 Å². The molecule has 3 N–H and O–H groups in total. The van der Waals surface area contributed by atoms with Crippen LogP contribution in [-0.2, 0) is 13.0 Å². The number of thiophene rings is 1. The third-order valence-corrected chi connectivity index (χ3v) is 6.76. The summed E-state index contributed by atoms with van der Waals surface area (Å²) in [5.74, 6) is 0.170. The lowest BCUT2D eigenvalue weighted by Gasteiger charge is -2.28. The smallest absolute Gasteiger partial charge is 0.256 e. The van der Waals surface area contributed by atoms with E-state index in [4.69, 9.17) is 4.74 Å². The average molecular weight is 485 g/mol. The molecule has 26 heavy (non-hydrogen) atoms. The van der Waals surface area contributed by atoms with Crippen molar-refractivity contribution in [2.24, 2.45) is 0 Å². The molecule has 2 aliphatic rings. The molecule has 2 aliphatic heterocycles. The van der Waals surface area contributed by atoms with Gasteiger partial charge in [-0.1, -0.05) is 5.75 Å². The molecule has 0 spiro atoms. The number of ether oxygens (including phenoxy) is 1. The summed E-state index contributed by atoms with van der Waals surface area (Å²) in [4.78, 5) is 15.6. The maximum atomic E-state index is 12.8. The van der Waals surface area contributed by atoms with E-state index < -0.39 is 0 Å². The van der Waals surface area contributed by atoms with Crippen molar-refractivity contribution in [3.05, 3.63) is 37.3 Å². The topological polar surface area (TPSA) is 77.9 Å². The van der Waals surface area contributed by atoms with Gasteiger partial charge in [0.15, 0.2) is 0 Å². The summed E-state index contributed by atoms with van der Waals surface area (Å²) in [5, 5.41) is 19.6. The number of quaternary nitrogens is 1. The Morgan fingerprint density at radius 2 is 2.23 bits per heavy atom. The predicted molar refractivity (Wildman–Crippen MR) is 107 cm³/mol. The van der Waals surface area contributed by atoms with Gasteiger partial charge in [-0.2, -0.15) is 0 Å².